The first-order valence-electron chi connectivity index (χ1n) is 7.71. The smallest absolute Gasteiger partial charge is 0.337 e. The molecule has 2 aromatic rings. The molecule has 0 aliphatic carbocycles. The molecule has 128 valence electrons. The monoisotopic (exact) mass is 339 g/mol. The molecular weight excluding hydrogens is 322 g/mol. The van der Waals surface area contributed by atoms with Gasteiger partial charge in [-0.25, -0.2) is 4.79 Å². The molecule has 0 saturated heterocycles. The van der Waals surface area contributed by atoms with Crippen molar-refractivity contribution in [2.45, 2.75) is 12.5 Å². The van der Waals surface area contributed by atoms with Gasteiger partial charge in [-0.3, -0.25) is 9.59 Å². The predicted octanol–water partition coefficient (Wildman–Crippen LogP) is 2.23. The molecule has 7 nitrogen and oxygen atoms in total. The molecule has 0 spiro atoms. The van der Waals surface area contributed by atoms with Crippen molar-refractivity contribution >= 4 is 34.8 Å². The Morgan fingerprint density at radius 1 is 1.08 bits per heavy atom. The van der Waals surface area contributed by atoms with Gasteiger partial charge in [0.05, 0.1) is 30.5 Å². The Morgan fingerprint density at radius 2 is 1.76 bits per heavy atom. The van der Waals surface area contributed by atoms with E-state index in [0.29, 0.717) is 16.9 Å². The zero-order valence-corrected chi connectivity index (χ0v) is 13.5. The van der Waals surface area contributed by atoms with Crippen LogP contribution in [0.4, 0.5) is 17.1 Å². The summed E-state index contributed by atoms with van der Waals surface area (Å²) in [5, 5.41) is 8.54. The van der Waals surface area contributed by atoms with Gasteiger partial charge in [-0.2, -0.15) is 0 Å². The SMILES string of the molecule is COC(=O)c1ccc(NC(=O)C[C@H]2Nc3ccccc3NC2=O)cc1. The van der Waals surface area contributed by atoms with Crippen LogP contribution in [0.5, 0.6) is 0 Å². The topological polar surface area (TPSA) is 96.5 Å². The van der Waals surface area contributed by atoms with E-state index in [4.69, 9.17) is 0 Å². The molecule has 0 bridgehead atoms. The third kappa shape index (κ3) is 3.77. The van der Waals surface area contributed by atoms with Gasteiger partial charge in [-0.05, 0) is 36.4 Å². The number of carbonyl (C=O) groups excluding carboxylic acids is 3. The van der Waals surface area contributed by atoms with Crippen molar-refractivity contribution in [3.8, 4) is 0 Å². The largest absolute Gasteiger partial charge is 0.465 e. The Balaban J connectivity index is 1.61. The Hall–Kier alpha value is -3.35. The lowest BCUT2D eigenvalue weighted by atomic mass is 10.1. The molecule has 2 aromatic carbocycles. The van der Waals surface area contributed by atoms with Crippen LogP contribution in [-0.4, -0.2) is 30.9 Å². The molecule has 3 rings (SSSR count). The van der Waals surface area contributed by atoms with Crippen molar-refractivity contribution in [1.82, 2.24) is 0 Å². The van der Waals surface area contributed by atoms with Crippen LogP contribution in [0.15, 0.2) is 48.5 Å². The number of ether oxygens (including phenoxy) is 1. The van der Waals surface area contributed by atoms with Gasteiger partial charge < -0.3 is 20.7 Å². The van der Waals surface area contributed by atoms with Gasteiger partial charge in [0, 0.05) is 5.69 Å². The van der Waals surface area contributed by atoms with E-state index < -0.39 is 12.0 Å². The Kier molecular flexibility index (Phi) is 4.65. The summed E-state index contributed by atoms with van der Waals surface area (Å²) in [5.74, 6) is -1.01. The third-order valence-electron chi connectivity index (χ3n) is 3.81. The predicted molar refractivity (Wildman–Crippen MR) is 93.5 cm³/mol. The molecule has 0 saturated carbocycles. The first kappa shape index (κ1) is 16.5. The highest BCUT2D eigenvalue weighted by Crippen LogP contribution is 2.26. The van der Waals surface area contributed by atoms with Crippen LogP contribution in [0, 0.1) is 0 Å². The number of para-hydroxylation sites is 2. The number of methoxy groups -OCH3 is 1. The maximum atomic E-state index is 12.2. The highest BCUT2D eigenvalue weighted by Gasteiger charge is 2.27. The molecule has 2 amide bonds. The molecule has 7 heteroatoms. The number of hydrogen-bond acceptors (Lipinski definition) is 5. The normalized spacial score (nSPS) is 15.4. The maximum Gasteiger partial charge on any atom is 0.337 e. The molecule has 3 N–H and O–H groups in total. The van der Waals surface area contributed by atoms with Crippen LogP contribution in [0.1, 0.15) is 16.8 Å². The number of amides is 2. The quantitative estimate of drug-likeness (QED) is 0.742. The van der Waals surface area contributed by atoms with Crippen molar-refractivity contribution < 1.29 is 19.1 Å². The summed E-state index contributed by atoms with van der Waals surface area (Å²) in [7, 11) is 1.30. The molecule has 1 aliphatic rings. The van der Waals surface area contributed by atoms with E-state index in [0.717, 1.165) is 5.69 Å². The Bertz CT molecular complexity index is 817. The lowest BCUT2D eigenvalue weighted by Crippen LogP contribution is -2.41. The van der Waals surface area contributed by atoms with Gasteiger partial charge in [0.25, 0.3) is 0 Å². The lowest BCUT2D eigenvalue weighted by molar-refractivity contribution is -0.122. The molecule has 1 heterocycles. The lowest BCUT2D eigenvalue weighted by Gasteiger charge is -2.26. The molecule has 1 aliphatic heterocycles. The van der Waals surface area contributed by atoms with Crippen LogP contribution >= 0.6 is 0 Å². The minimum Gasteiger partial charge on any atom is -0.465 e. The summed E-state index contributed by atoms with van der Waals surface area (Å²) in [6.45, 7) is 0. The van der Waals surface area contributed by atoms with Crippen molar-refractivity contribution in [2.24, 2.45) is 0 Å². The van der Waals surface area contributed by atoms with Crippen LogP contribution in [-0.2, 0) is 14.3 Å². The second kappa shape index (κ2) is 7.04. The molecule has 0 aromatic heterocycles. The van der Waals surface area contributed by atoms with Crippen LogP contribution in [0.25, 0.3) is 0 Å². The number of benzene rings is 2. The van der Waals surface area contributed by atoms with Crippen molar-refractivity contribution in [1.29, 1.82) is 0 Å². The summed E-state index contributed by atoms with van der Waals surface area (Å²) < 4.78 is 4.62. The zero-order chi connectivity index (χ0) is 17.8. The summed E-state index contributed by atoms with van der Waals surface area (Å²) in [6.07, 6.45) is -0.0150. The number of fused-ring (bicyclic) bond motifs is 1. The number of hydrogen-bond donors (Lipinski definition) is 3. The molecule has 25 heavy (non-hydrogen) atoms. The second-order valence-electron chi connectivity index (χ2n) is 5.55. The van der Waals surface area contributed by atoms with E-state index in [1.165, 1.54) is 7.11 Å². The number of nitrogens with one attached hydrogen (secondary N) is 3. The average molecular weight is 339 g/mol. The Morgan fingerprint density at radius 3 is 2.44 bits per heavy atom. The molecule has 0 fully saturated rings. The highest BCUT2D eigenvalue weighted by atomic mass is 16.5. The maximum absolute atomic E-state index is 12.2. The van der Waals surface area contributed by atoms with Crippen LogP contribution in [0.3, 0.4) is 0 Å². The van der Waals surface area contributed by atoms with Crippen molar-refractivity contribution in [3.63, 3.8) is 0 Å². The van der Waals surface area contributed by atoms with Gasteiger partial charge in [0.2, 0.25) is 11.8 Å². The summed E-state index contributed by atoms with van der Waals surface area (Å²) >= 11 is 0. The number of anilines is 3. The van der Waals surface area contributed by atoms with Gasteiger partial charge in [0.1, 0.15) is 6.04 Å². The third-order valence-corrected chi connectivity index (χ3v) is 3.81. The van der Waals surface area contributed by atoms with E-state index in [1.807, 2.05) is 18.2 Å². The van der Waals surface area contributed by atoms with Gasteiger partial charge in [-0.15, -0.1) is 0 Å². The molecule has 0 radical (unpaired) electrons. The fraction of sp³-hybridized carbons (Fsp3) is 0.167. The minimum absolute atomic E-state index is 0.0150. The first-order valence-corrected chi connectivity index (χ1v) is 7.71. The highest BCUT2D eigenvalue weighted by molar-refractivity contribution is 6.06. The van der Waals surface area contributed by atoms with E-state index in [9.17, 15) is 14.4 Å². The summed E-state index contributed by atoms with van der Waals surface area (Å²) in [5.41, 5.74) is 2.41. The van der Waals surface area contributed by atoms with E-state index >= 15 is 0 Å². The minimum atomic E-state index is -0.649. The van der Waals surface area contributed by atoms with Gasteiger partial charge in [-0.1, -0.05) is 12.1 Å². The van der Waals surface area contributed by atoms with E-state index in [1.54, 1.807) is 30.3 Å². The van der Waals surface area contributed by atoms with E-state index in [-0.39, 0.29) is 18.2 Å². The van der Waals surface area contributed by atoms with Crippen molar-refractivity contribution in [3.05, 3.63) is 54.1 Å². The standard InChI is InChI=1S/C18H17N3O4/c1-25-18(24)11-6-8-12(9-7-11)19-16(22)10-15-17(23)21-14-5-3-2-4-13(14)20-15/h2-9,15,20H,10H2,1H3,(H,19,22)(H,21,23)/t15-/m1/s1. The second-order valence-corrected chi connectivity index (χ2v) is 5.55. The number of esters is 1. The number of carbonyl (C=O) groups is 3. The van der Waals surface area contributed by atoms with Gasteiger partial charge >= 0.3 is 5.97 Å². The molecule has 0 unspecified atom stereocenters. The fourth-order valence-corrected chi connectivity index (χ4v) is 2.54. The van der Waals surface area contributed by atoms with Crippen LogP contribution < -0.4 is 16.0 Å². The number of rotatable bonds is 4. The van der Waals surface area contributed by atoms with Crippen molar-refractivity contribution in [2.75, 3.05) is 23.1 Å². The van der Waals surface area contributed by atoms with Gasteiger partial charge in [0.15, 0.2) is 0 Å². The van der Waals surface area contributed by atoms with Crippen LogP contribution in [0.2, 0.25) is 0 Å². The first-order chi connectivity index (χ1) is 12.1. The Labute approximate surface area is 144 Å². The fourth-order valence-electron chi connectivity index (χ4n) is 2.54. The molecule has 1 atom stereocenters. The summed E-state index contributed by atoms with van der Waals surface area (Å²) in [6, 6.07) is 13.0. The average Bonchev–Trinajstić information content (AvgIpc) is 2.62. The molecular formula is C18H17N3O4. The van der Waals surface area contributed by atoms with E-state index in [2.05, 4.69) is 20.7 Å². The zero-order valence-electron chi connectivity index (χ0n) is 13.5. The summed E-state index contributed by atoms with van der Waals surface area (Å²) in [4.78, 5) is 35.7.